The number of amides is 1. The number of hydrogen-bond donors (Lipinski definition) is 1. The number of benzene rings is 1. The van der Waals surface area contributed by atoms with E-state index in [1.165, 1.54) is 0 Å². The Hall–Kier alpha value is -2.04. The standard InChI is InChI=1S/C17H23NO4/c1-12-5-6-13(11-14(12)22-3)17(8-4-9-17)16(21)18(2)10-7-15(19)20/h5-6,11H,4,7-10H2,1-3H3,(H,19,20). The third-order valence-corrected chi connectivity index (χ3v) is 4.58. The molecule has 1 aliphatic rings. The van der Waals surface area contributed by atoms with Crippen molar-refractivity contribution in [3.05, 3.63) is 29.3 Å². The van der Waals surface area contributed by atoms with Crippen LogP contribution >= 0.6 is 0 Å². The van der Waals surface area contributed by atoms with Gasteiger partial charge in [0, 0.05) is 13.6 Å². The zero-order valence-electron chi connectivity index (χ0n) is 13.4. The summed E-state index contributed by atoms with van der Waals surface area (Å²) in [5.74, 6) is -0.102. The molecule has 1 amide bonds. The Kier molecular flexibility index (Phi) is 4.74. The molecule has 120 valence electrons. The number of rotatable bonds is 6. The second kappa shape index (κ2) is 6.38. The van der Waals surface area contributed by atoms with Crippen LogP contribution in [0.1, 0.15) is 36.8 Å². The first-order valence-electron chi connectivity index (χ1n) is 7.53. The zero-order valence-corrected chi connectivity index (χ0v) is 13.4. The summed E-state index contributed by atoms with van der Waals surface area (Å²) in [6, 6.07) is 5.90. The van der Waals surface area contributed by atoms with Crippen LogP contribution in [-0.2, 0) is 15.0 Å². The SMILES string of the molecule is COc1cc(C2(C(=O)N(C)CCC(=O)O)CCC2)ccc1C. The van der Waals surface area contributed by atoms with E-state index in [1.807, 2.05) is 25.1 Å². The highest BCUT2D eigenvalue weighted by molar-refractivity contribution is 5.89. The summed E-state index contributed by atoms with van der Waals surface area (Å²) in [6.07, 6.45) is 2.58. The van der Waals surface area contributed by atoms with Gasteiger partial charge in [0.25, 0.3) is 0 Å². The van der Waals surface area contributed by atoms with Crippen molar-refractivity contribution in [3.63, 3.8) is 0 Å². The van der Waals surface area contributed by atoms with E-state index in [9.17, 15) is 9.59 Å². The van der Waals surface area contributed by atoms with Gasteiger partial charge in [-0.25, -0.2) is 0 Å². The molecule has 0 saturated heterocycles. The second-order valence-corrected chi connectivity index (χ2v) is 5.99. The Morgan fingerprint density at radius 3 is 2.55 bits per heavy atom. The van der Waals surface area contributed by atoms with Gasteiger partial charge in [0.2, 0.25) is 5.91 Å². The van der Waals surface area contributed by atoms with Crippen molar-refractivity contribution in [1.82, 2.24) is 4.90 Å². The largest absolute Gasteiger partial charge is 0.496 e. The molecule has 1 aromatic rings. The van der Waals surface area contributed by atoms with E-state index in [4.69, 9.17) is 9.84 Å². The van der Waals surface area contributed by atoms with Crippen LogP contribution < -0.4 is 4.74 Å². The smallest absolute Gasteiger partial charge is 0.305 e. The van der Waals surface area contributed by atoms with Crippen molar-refractivity contribution >= 4 is 11.9 Å². The predicted octanol–water partition coefficient (Wildman–Crippen LogP) is 2.36. The molecule has 1 N–H and O–H groups in total. The van der Waals surface area contributed by atoms with E-state index in [0.717, 1.165) is 36.1 Å². The van der Waals surface area contributed by atoms with E-state index >= 15 is 0 Å². The fourth-order valence-corrected chi connectivity index (χ4v) is 3.00. The van der Waals surface area contributed by atoms with Crippen molar-refractivity contribution < 1.29 is 19.4 Å². The van der Waals surface area contributed by atoms with Crippen LogP contribution in [-0.4, -0.2) is 42.6 Å². The van der Waals surface area contributed by atoms with E-state index < -0.39 is 11.4 Å². The molecular weight excluding hydrogens is 282 g/mol. The van der Waals surface area contributed by atoms with Crippen LogP contribution in [0.25, 0.3) is 0 Å². The van der Waals surface area contributed by atoms with Crippen molar-refractivity contribution in [1.29, 1.82) is 0 Å². The minimum Gasteiger partial charge on any atom is -0.496 e. The van der Waals surface area contributed by atoms with Gasteiger partial charge < -0.3 is 14.7 Å². The van der Waals surface area contributed by atoms with Crippen molar-refractivity contribution in [2.75, 3.05) is 20.7 Å². The van der Waals surface area contributed by atoms with Gasteiger partial charge in [-0.15, -0.1) is 0 Å². The van der Waals surface area contributed by atoms with Crippen LogP contribution in [0.2, 0.25) is 0 Å². The number of carbonyl (C=O) groups is 2. The molecular formula is C17H23NO4. The fraction of sp³-hybridized carbons (Fsp3) is 0.529. The van der Waals surface area contributed by atoms with Gasteiger partial charge >= 0.3 is 5.97 Å². The lowest BCUT2D eigenvalue weighted by Gasteiger charge is -2.43. The quantitative estimate of drug-likeness (QED) is 0.876. The first-order chi connectivity index (χ1) is 10.4. The maximum atomic E-state index is 12.8. The molecule has 1 aliphatic carbocycles. The lowest BCUT2D eigenvalue weighted by molar-refractivity contribution is -0.141. The van der Waals surface area contributed by atoms with E-state index in [-0.39, 0.29) is 18.9 Å². The number of carbonyl (C=O) groups excluding carboxylic acids is 1. The highest BCUT2D eigenvalue weighted by Crippen LogP contribution is 2.46. The van der Waals surface area contributed by atoms with E-state index in [1.54, 1.807) is 19.1 Å². The van der Waals surface area contributed by atoms with Gasteiger partial charge in [-0.05, 0) is 37.0 Å². The molecule has 0 radical (unpaired) electrons. The predicted molar refractivity (Wildman–Crippen MR) is 83.1 cm³/mol. The molecule has 0 heterocycles. The number of ether oxygens (including phenoxy) is 1. The molecule has 0 atom stereocenters. The fourth-order valence-electron chi connectivity index (χ4n) is 3.00. The van der Waals surface area contributed by atoms with Crippen LogP contribution in [0, 0.1) is 6.92 Å². The lowest BCUT2D eigenvalue weighted by Crippen LogP contribution is -2.50. The number of aliphatic carboxylic acids is 1. The van der Waals surface area contributed by atoms with Gasteiger partial charge in [-0.1, -0.05) is 18.6 Å². The number of methoxy groups -OCH3 is 1. The Bertz CT molecular complexity index is 578. The van der Waals surface area contributed by atoms with Crippen LogP contribution in [0.5, 0.6) is 5.75 Å². The highest BCUT2D eigenvalue weighted by Gasteiger charge is 2.47. The lowest BCUT2D eigenvalue weighted by atomic mass is 9.63. The monoisotopic (exact) mass is 305 g/mol. The molecule has 5 nitrogen and oxygen atoms in total. The number of likely N-dealkylation sites (N-methyl/N-ethyl adjacent to an activating group) is 1. The summed E-state index contributed by atoms with van der Waals surface area (Å²) in [7, 11) is 3.30. The number of carboxylic acids is 1. The first-order valence-corrected chi connectivity index (χ1v) is 7.53. The molecule has 0 aromatic heterocycles. The molecule has 1 aromatic carbocycles. The first kappa shape index (κ1) is 16.3. The molecule has 0 spiro atoms. The third kappa shape index (κ3) is 2.93. The zero-order chi connectivity index (χ0) is 16.3. The molecule has 5 heteroatoms. The average Bonchev–Trinajstić information content (AvgIpc) is 2.44. The normalized spacial score (nSPS) is 15.8. The van der Waals surface area contributed by atoms with Crippen LogP contribution in [0.4, 0.5) is 0 Å². The minimum absolute atomic E-state index is 0.00547. The second-order valence-electron chi connectivity index (χ2n) is 5.99. The van der Waals surface area contributed by atoms with Gasteiger partial charge in [0.15, 0.2) is 0 Å². The van der Waals surface area contributed by atoms with E-state index in [0.29, 0.717) is 0 Å². The summed E-state index contributed by atoms with van der Waals surface area (Å²) in [5, 5.41) is 8.78. The Morgan fingerprint density at radius 1 is 1.36 bits per heavy atom. The van der Waals surface area contributed by atoms with E-state index in [2.05, 4.69) is 0 Å². The topological polar surface area (TPSA) is 66.8 Å². The van der Waals surface area contributed by atoms with Gasteiger partial charge in [-0.2, -0.15) is 0 Å². The number of hydrogen-bond acceptors (Lipinski definition) is 3. The summed E-state index contributed by atoms with van der Waals surface area (Å²) in [5.41, 5.74) is 1.48. The molecule has 0 bridgehead atoms. The molecule has 0 unspecified atom stereocenters. The maximum Gasteiger partial charge on any atom is 0.305 e. The number of nitrogens with zero attached hydrogens (tertiary/aromatic N) is 1. The van der Waals surface area contributed by atoms with Crippen LogP contribution in [0.3, 0.4) is 0 Å². The minimum atomic E-state index is -0.890. The summed E-state index contributed by atoms with van der Waals surface area (Å²) >= 11 is 0. The van der Waals surface area contributed by atoms with Gasteiger partial charge in [0.05, 0.1) is 18.9 Å². The summed E-state index contributed by atoms with van der Waals surface area (Å²) < 4.78 is 5.37. The molecule has 1 fully saturated rings. The van der Waals surface area contributed by atoms with Gasteiger partial charge in [-0.3, -0.25) is 9.59 Å². The molecule has 2 rings (SSSR count). The highest BCUT2D eigenvalue weighted by atomic mass is 16.5. The Balaban J connectivity index is 2.25. The summed E-state index contributed by atoms with van der Waals surface area (Å²) in [6.45, 7) is 2.20. The van der Waals surface area contributed by atoms with Crippen molar-refractivity contribution in [2.45, 2.75) is 38.0 Å². The Labute approximate surface area is 130 Å². The van der Waals surface area contributed by atoms with Crippen LogP contribution in [0.15, 0.2) is 18.2 Å². The maximum absolute atomic E-state index is 12.8. The molecule has 0 aliphatic heterocycles. The Morgan fingerprint density at radius 2 is 2.05 bits per heavy atom. The molecule has 22 heavy (non-hydrogen) atoms. The van der Waals surface area contributed by atoms with Crippen molar-refractivity contribution in [3.8, 4) is 5.75 Å². The third-order valence-electron chi connectivity index (χ3n) is 4.58. The van der Waals surface area contributed by atoms with Gasteiger partial charge in [0.1, 0.15) is 5.75 Å². The molecule has 1 saturated carbocycles. The van der Waals surface area contributed by atoms with Crippen molar-refractivity contribution in [2.24, 2.45) is 0 Å². The summed E-state index contributed by atoms with van der Waals surface area (Å²) in [4.78, 5) is 25.1. The average molecular weight is 305 g/mol. The number of aryl methyl sites for hydroxylation is 1. The number of carboxylic acid groups (broad SMARTS) is 1.